The standard InChI is InChI=1S/C17H19Cl2N5O/c1-23-4-6-24(7-5-23)14-9-12(19)8-13(16(14)20)17(25)22-15-3-2-11(18)10-21-15/h2-3,8-10H,4-7,20H2,1H3,(H,21,22,25). The molecule has 0 unspecified atom stereocenters. The number of piperazine rings is 1. The van der Waals surface area contributed by atoms with Crippen molar-refractivity contribution in [3.8, 4) is 0 Å². The molecule has 3 N–H and O–H groups in total. The average molecular weight is 380 g/mol. The van der Waals surface area contributed by atoms with Crippen molar-refractivity contribution in [1.82, 2.24) is 9.88 Å². The number of carbonyl (C=O) groups is 1. The van der Waals surface area contributed by atoms with Crippen molar-refractivity contribution in [3.05, 3.63) is 46.1 Å². The van der Waals surface area contributed by atoms with E-state index in [1.165, 1.54) is 6.20 Å². The van der Waals surface area contributed by atoms with Crippen molar-refractivity contribution < 1.29 is 4.79 Å². The van der Waals surface area contributed by atoms with Gasteiger partial charge in [-0.1, -0.05) is 23.2 Å². The molecule has 3 rings (SSSR count). The minimum absolute atomic E-state index is 0.332. The zero-order valence-electron chi connectivity index (χ0n) is 13.8. The molecule has 0 bridgehead atoms. The Bertz CT molecular complexity index is 773. The van der Waals surface area contributed by atoms with Gasteiger partial charge in [-0.2, -0.15) is 0 Å². The first-order chi connectivity index (χ1) is 11.9. The van der Waals surface area contributed by atoms with E-state index in [0.717, 1.165) is 31.9 Å². The number of pyridine rings is 1. The molecule has 0 aliphatic carbocycles. The van der Waals surface area contributed by atoms with Crippen molar-refractivity contribution in [2.24, 2.45) is 0 Å². The number of nitrogens with zero attached hydrogens (tertiary/aromatic N) is 3. The largest absolute Gasteiger partial charge is 0.396 e. The second-order valence-corrected chi connectivity index (χ2v) is 6.87. The molecule has 0 spiro atoms. The predicted octanol–water partition coefficient (Wildman–Crippen LogP) is 2.97. The molecule has 0 radical (unpaired) electrons. The number of carbonyl (C=O) groups excluding carboxylic acids is 1. The fourth-order valence-corrected chi connectivity index (χ4v) is 3.06. The van der Waals surface area contributed by atoms with E-state index in [-0.39, 0.29) is 5.91 Å². The van der Waals surface area contributed by atoms with E-state index < -0.39 is 0 Å². The van der Waals surface area contributed by atoms with Gasteiger partial charge in [-0.25, -0.2) is 4.98 Å². The summed E-state index contributed by atoms with van der Waals surface area (Å²) in [4.78, 5) is 21.1. The molecular weight excluding hydrogens is 361 g/mol. The number of nitrogen functional groups attached to an aromatic ring is 1. The lowest BCUT2D eigenvalue weighted by Crippen LogP contribution is -2.44. The van der Waals surface area contributed by atoms with E-state index in [1.807, 2.05) is 0 Å². The molecule has 1 aliphatic rings. The molecular formula is C17H19Cl2N5O. The third-order valence-electron chi connectivity index (χ3n) is 4.18. The zero-order valence-corrected chi connectivity index (χ0v) is 15.3. The summed E-state index contributed by atoms with van der Waals surface area (Å²) in [7, 11) is 2.08. The molecule has 1 fully saturated rings. The van der Waals surface area contributed by atoms with Crippen molar-refractivity contribution >= 4 is 46.3 Å². The van der Waals surface area contributed by atoms with Crippen molar-refractivity contribution in [2.45, 2.75) is 0 Å². The maximum atomic E-state index is 12.6. The van der Waals surface area contributed by atoms with Crippen LogP contribution in [0.25, 0.3) is 0 Å². The number of likely N-dealkylation sites (N-methyl/N-ethyl adjacent to an activating group) is 1. The van der Waals surface area contributed by atoms with Crippen LogP contribution in [0.2, 0.25) is 10.0 Å². The number of halogens is 2. The number of rotatable bonds is 3. The van der Waals surface area contributed by atoms with Crippen LogP contribution in [0, 0.1) is 0 Å². The van der Waals surface area contributed by atoms with Crippen LogP contribution in [-0.2, 0) is 0 Å². The summed E-state index contributed by atoms with van der Waals surface area (Å²) in [5.74, 6) is 0.0418. The van der Waals surface area contributed by atoms with Crippen molar-refractivity contribution in [2.75, 3.05) is 49.2 Å². The molecule has 25 heavy (non-hydrogen) atoms. The van der Waals surface area contributed by atoms with Crippen molar-refractivity contribution in [3.63, 3.8) is 0 Å². The molecule has 2 heterocycles. The van der Waals surface area contributed by atoms with Gasteiger partial charge in [0.2, 0.25) is 0 Å². The Labute approximate surface area is 156 Å². The highest BCUT2D eigenvalue weighted by atomic mass is 35.5. The summed E-state index contributed by atoms with van der Waals surface area (Å²) in [6, 6.07) is 6.66. The van der Waals surface area contributed by atoms with Crippen LogP contribution in [0.3, 0.4) is 0 Å². The van der Waals surface area contributed by atoms with Crippen LogP contribution in [-0.4, -0.2) is 49.0 Å². The first-order valence-electron chi connectivity index (χ1n) is 7.89. The molecule has 1 aliphatic heterocycles. The number of hydrogen-bond donors (Lipinski definition) is 2. The predicted molar refractivity (Wildman–Crippen MR) is 103 cm³/mol. The first-order valence-corrected chi connectivity index (χ1v) is 8.65. The lowest BCUT2D eigenvalue weighted by atomic mass is 10.1. The summed E-state index contributed by atoms with van der Waals surface area (Å²) in [6.07, 6.45) is 1.47. The van der Waals surface area contributed by atoms with E-state index in [1.54, 1.807) is 24.3 Å². The van der Waals surface area contributed by atoms with Crippen molar-refractivity contribution in [1.29, 1.82) is 0 Å². The van der Waals surface area contributed by atoms with E-state index >= 15 is 0 Å². The molecule has 8 heteroatoms. The maximum absolute atomic E-state index is 12.6. The lowest BCUT2D eigenvalue weighted by Gasteiger charge is -2.35. The zero-order chi connectivity index (χ0) is 18.0. The first kappa shape index (κ1) is 17.8. The fraction of sp³-hybridized carbons (Fsp3) is 0.294. The SMILES string of the molecule is CN1CCN(c2cc(Cl)cc(C(=O)Nc3ccc(Cl)cn3)c2N)CC1. The molecule has 0 atom stereocenters. The highest BCUT2D eigenvalue weighted by molar-refractivity contribution is 6.32. The Hall–Kier alpha value is -2.02. The van der Waals surface area contributed by atoms with Crippen LogP contribution in [0.4, 0.5) is 17.2 Å². The van der Waals surface area contributed by atoms with Crippen LogP contribution in [0.5, 0.6) is 0 Å². The number of nitrogens with one attached hydrogen (secondary N) is 1. The Morgan fingerprint density at radius 1 is 1.16 bits per heavy atom. The van der Waals surface area contributed by atoms with Crippen LogP contribution < -0.4 is 16.0 Å². The van der Waals surface area contributed by atoms with Gasteiger partial charge in [-0.3, -0.25) is 4.79 Å². The molecule has 1 aromatic heterocycles. The number of anilines is 3. The van der Waals surface area contributed by atoms with E-state index in [4.69, 9.17) is 28.9 Å². The molecule has 0 saturated carbocycles. The minimum atomic E-state index is -0.356. The van der Waals surface area contributed by atoms with Crippen LogP contribution in [0.1, 0.15) is 10.4 Å². The quantitative estimate of drug-likeness (QED) is 0.801. The summed E-state index contributed by atoms with van der Waals surface area (Å²) in [5, 5.41) is 3.68. The molecule has 132 valence electrons. The monoisotopic (exact) mass is 379 g/mol. The highest BCUT2D eigenvalue weighted by Crippen LogP contribution is 2.32. The summed E-state index contributed by atoms with van der Waals surface area (Å²) >= 11 is 12.0. The lowest BCUT2D eigenvalue weighted by molar-refractivity contribution is 0.102. The Morgan fingerprint density at radius 3 is 2.52 bits per heavy atom. The number of nitrogens with two attached hydrogens (primary N) is 1. The van der Waals surface area contributed by atoms with Gasteiger partial charge in [-0.05, 0) is 31.3 Å². The summed E-state index contributed by atoms with van der Waals surface area (Å²) < 4.78 is 0. The maximum Gasteiger partial charge on any atom is 0.259 e. The average Bonchev–Trinajstić information content (AvgIpc) is 2.59. The van der Waals surface area contributed by atoms with Gasteiger partial charge < -0.3 is 20.9 Å². The van der Waals surface area contributed by atoms with Gasteiger partial charge in [0.05, 0.1) is 22.0 Å². The van der Waals surface area contributed by atoms with Crippen LogP contribution in [0.15, 0.2) is 30.5 Å². The van der Waals surface area contributed by atoms with E-state index in [0.29, 0.717) is 27.1 Å². The second-order valence-electron chi connectivity index (χ2n) is 5.99. The Kier molecular flexibility index (Phi) is 5.32. The third kappa shape index (κ3) is 4.15. The molecule has 1 amide bonds. The molecule has 1 saturated heterocycles. The highest BCUT2D eigenvalue weighted by Gasteiger charge is 2.21. The smallest absolute Gasteiger partial charge is 0.259 e. The van der Waals surface area contributed by atoms with Gasteiger partial charge in [0.25, 0.3) is 5.91 Å². The van der Waals surface area contributed by atoms with Crippen LogP contribution >= 0.6 is 23.2 Å². The fourth-order valence-electron chi connectivity index (χ4n) is 2.73. The minimum Gasteiger partial charge on any atom is -0.396 e. The van der Waals surface area contributed by atoms with Gasteiger partial charge in [-0.15, -0.1) is 0 Å². The number of amides is 1. The molecule has 1 aromatic carbocycles. The topological polar surface area (TPSA) is 74.5 Å². The third-order valence-corrected chi connectivity index (χ3v) is 4.62. The van der Waals surface area contributed by atoms with Gasteiger partial charge >= 0.3 is 0 Å². The van der Waals surface area contributed by atoms with E-state index in [2.05, 4.69) is 27.1 Å². The number of benzene rings is 1. The molecule has 6 nitrogen and oxygen atoms in total. The Morgan fingerprint density at radius 2 is 1.88 bits per heavy atom. The number of hydrogen-bond acceptors (Lipinski definition) is 5. The molecule has 2 aromatic rings. The van der Waals surface area contributed by atoms with Gasteiger partial charge in [0.1, 0.15) is 5.82 Å². The second kappa shape index (κ2) is 7.47. The normalized spacial score (nSPS) is 15.2. The van der Waals surface area contributed by atoms with Gasteiger partial charge in [0.15, 0.2) is 0 Å². The summed E-state index contributed by atoms with van der Waals surface area (Å²) in [6.45, 7) is 3.53. The van der Waals surface area contributed by atoms with E-state index in [9.17, 15) is 4.79 Å². The summed E-state index contributed by atoms with van der Waals surface area (Å²) in [5.41, 5.74) is 7.82. The van der Waals surface area contributed by atoms with Gasteiger partial charge in [0, 0.05) is 37.4 Å². The number of aromatic nitrogens is 1. The Balaban J connectivity index is 1.85.